The van der Waals surface area contributed by atoms with Gasteiger partial charge in [0.2, 0.25) is 5.91 Å². The minimum absolute atomic E-state index is 0.0127. The third-order valence-corrected chi connectivity index (χ3v) is 3.98. The third-order valence-electron chi connectivity index (χ3n) is 3.98. The fourth-order valence-electron chi connectivity index (χ4n) is 2.76. The zero-order chi connectivity index (χ0) is 15.1. The summed E-state index contributed by atoms with van der Waals surface area (Å²) >= 11 is 0. The van der Waals surface area contributed by atoms with Crippen molar-refractivity contribution in [3.63, 3.8) is 0 Å². The van der Waals surface area contributed by atoms with Gasteiger partial charge in [-0.15, -0.1) is 0 Å². The Hall–Kier alpha value is -1.59. The summed E-state index contributed by atoms with van der Waals surface area (Å²) in [5, 5.41) is 12.3. The largest absolute Gasteiger partial charge is 0.496 e. The Morgan fingerprint density at radius 2 is 2.24 bits per heavy atom. The second-order valence-electron chi connectivity index (χ2n) is 5.39. The van der Waals surface area contributed by atoms with E-state index in [0.29, 0.717) is 13.1 Å². The Balaban J connectivity index is 1.84. The monoisotopic (exact) mass is 292 g/mol. The minimum Gasteiger partial charge on any atom is -0.496 e. The highest BCUT2D eigenvalue weighted by Crippen LogP contribution is 2.17. The van der Waals surface area contributed by atoms with E-state index in [1.807, 2.05) is 24.3 Å². The van der Waals surface area contributed by atoms with Crippen LogP contribution in [-0.2, 0) is 11.3 Å². The normalized spacial score (nSPS) is 19.2. The van der Waals surface area contributed by atoms with E-state index in [2.05, 4.69) is 10.2 Å². The highest BCUT2D eigenvalue weighted by molar-refractivity contribution is 5.78. The molecule has 2 N–H and O–H groups in total. The first-order valence-corrected chi connectivity index (χ1v) is 7.48. The van der Waals surface area contributed by atoms with Crippen molar-refractivity contribution in [2.75, 3.05) is 26.8 Å². The van der Waals surface area contributed by atoms with E-state index in [-0.39, 0.29) is 18.6 Å². The molecule has 1 aliphatic heterocycles. The molecule has 1 heterocycles. The van der Waals surface area contributed by atoms with Crippen LogP contribution in [0, 0.1) is 0 Å². The van der Waals surface area contributed by atoms with Gasteiger partial charge in [0.25, 0.3) is 0 Å². The van der Waals surface area contributed by atoms with Crippen LogP contribution in [0.1, 0.15) is 24.8 Å². The fourth-order valence-corrected chi connectivity index (χ4v) is 2.76. The molecule has 5 heteroatoms. The first-order chi connectivity index (χ1) is 10.2. The SMILES string of the molecule is COc1ccccc1CNC(=O)CN1CCCCC1CO. The smallest absolute Gasteiger partial charge is 0.234 e. The van der Waals surface area contributed by atoms with E-state index in [1.54, 1.807) is 7.11 Å². The molecular formula is C16H24N2O3. The number of para-hydroxylation sites is 1. The number of hydrogen-bond acceptors (Lipinski definition) is 4. The molecule has 1 unspecified atom stereocenters. The molecule has 0 saturated carbocycles. The summed E-state index contributed by atoms with van der Waals surface area (Å²) < 4.78 is 5.27. The van der Waals surface area contributed by atoms with Crippen LogP contribution in [0.5, 0.6) is 5.75 Å². The number of aliphatic hydroxyl groups excluding tert-OH is 1. The Bertz CT molecular complexity index is 465. The number of ether oxygens (including phenoxy) is 1. The Kier molecular flexibility index (Phi) is 6.02. The van der Waals surface area contributed by atoms with Crippen molar-refractivity contribution in [2.24, 2.45) is 0 Å². The predicted octanol–water partition coefficient (Wildman–Crippen LogP) is 1.16. The van der Waals surface area contributed by atoms with E-state index < -0.39 is 0 Å². The summed E-state index contributed by atoms with van der Waals surface area (Å²) in [7, 11) is 1.63. The van der Waals surface area contributed by atoms with E-state index >= 15 is 0 Å². The van der Waals surface area contributed by atoms with Crippen LogP contribution < -0.4 is 10.1 Å². The summed E-state index contributed by atoms with van der Waals surface area (Å²) in [4.78, 5) is 14.1. The van der Waals surface area contributed by atoms with Crippen LogP contribution in [0.2, 0.25) is 0 Å². The van der Waals surface area contributed by atoms with Gasteiger partial charge in [0.15, 0.2) is 0 Å². The Morgan fingerprint density at radius 1 is 1.43 bits per heavy atom. The van der Waals surface area contributed by atoms with Crippen LogP contribution >= 0.6 is 0 Å². The predicted molar refractivity (Wildman–Crippen MR) is 81.1 cm³/mol. The molecule has 0 spiro atoms. The average molecular weight is 292 g/mol. The lowest BCUT2D eigenvalue weighted by atomic mass is 10.0. The lowest BCUT2D eigenvalue weighted by Gasteiger charge is -2.33. The van der Waals surface area contributed by atoms with Gasteiger partial charge in [-0.05, 0) is 25.5 Å². The van der Waals surface area contributed by atoms with Crippen LogP contribution in [0.15, 0.2) is 24.3 Å². The second-order valence-corrected chi connectivity index (χ2v) is 5.39. The van der Waals surface area contributed by atoms with Crippen molar-refractivity contribution in [1.82, 2.24) is 10.2 Å². The van der Waals surface area contributed by atoms with Crippen molar-refractivity contribution in [3.8, 4) is 5.75 Å². The molecule has 0 aliphatic carbocycles. The lowest BCUT2D eigenvalue weighted by molar-refractivity contribution is -0.123. The molecule has 1 aliphatic rings. The number of methoxy groups -OCH3 is 1. The molecule has 2 rings (SSSR count). The van der Waals surface area contributed by atoms with Crippen LogP contribution in [0.3, 0.4) is 0 Å². The second kappa shape index (κ2) is 8.00. The van der Waals surface area contributed by atoms with Gasteiger partial charge in [0, 0.05) is 18.2 Å². The number of nitrogens with one attached hydrogen (secondary N) is 1. The van der Waals surface area contributed by atoms with Gasteiger partial charge in [-0.3, -0.25) is 9.69 Å². The zero-order valence-corrected chi connectivity index (χ0v) is 12.5. The summed E-state index contributed by atoms with van der Waals surface area (Å²) in [6, 6.07) is 7.78. The maximum absolute atomic E-state index is 12.1. The molecule has 1 fully saturated rings. The summed E-state index contributed by atoms with van der Waals surface area (Å²) in [6.45, 7) is 1.81. The number of hydrogen-bond donors (Lipinski definition) is 2. The number of carbonyl (C=O) groups is 1. The molecule has 1 saturated heterocycles. The number of rotatable bonds is 6. The average Bonchev–Trinajstić information content (AvgIpc) is 2.53. The highest BCUT2D eigenvalue weighted by Gasteiger charge is 2.23. The molecule has 116 valence electrons. The van der Waals surface area contributed by atoms with E-state index in [9.17, 15) is 9.90 Å². The summed E-state index contributed by atoms with van der Waals surface area (Å²) in [6.07, 6.45) is 3.19. The van der Waals surface area contributed by atoms with Crippen LogP contribution in [0.4, 0.5) is 0 Å². The van der Waals surface area contributed by atoms with Gasteiger partial charge in [-0.25, -0.2) is 0 Å². The van der Waals surface area contributed by atoms with E-state index in [4.69, 9.17) is 4.74 Å². The lowest BCUT2D eigenvalue weighted by Crippen LogP contribution is -2.47. The maximum Gasteiger partial charge on any atom is 0.234 e. The molecule has 1 amide bonds. The van der Waals surface area contributed by atoms with Gasteiger partial charge in [-0.1, -0.05) is 24.6 Å². The van der Waals surface area contributed by atoms with Crippen molar-refractivity contribution in [3.05, 3.63) is 29.8 Å². The number of benzene rings is 1. The van der Waals surface area contributed by atoms with Crippen molar-refractivity contribution < 1.29 is 14.6 Å². The van der Waals surface area contributed by atoms with Crippen LogP contribution in [0.25, 0.3) is 0 Å². The highest BCUT2D eigenvalue weighted by atomic mass is 16.5. The minimum atomic E-state index is -0.0127. The number of amides is 1. The van der Waals surface area contributed by atoms with Crippen molar-refractivity contribution >= 4 is 5.91 Å². The Morgan fingerprint density at radius 3 is 3.00 bits per heavy atom. The standard InChI is InChI=1S/C16H24N2O3/c1-21-15-8-3-2-6-13(15)10-17-16(20)11-18-9-5-4-7-14(18)12-19/h2-3,6,8,14,19H,4-5,7,9-12H2,1H3,(H,17,20). The third kappa shape index (κ3) is 4.44. The summed E-state index contributed by atoms with van der Waals surface area (Å²) in [5.74, 6) is 0.769. The number of likely N-dealkylation sites (tertiary alicyclic amines) is 1. The molecule has 1 atom stereocenters. The Labute approximate surface area is 125 Å². The summed E-state index contributed by atoms with van der Waals surface area (Å²) in [5.41, 5.74) is 0.964. The van der Waals surface area contributed by atoms with Gasteiger partial charge in [-0.2, -0.15) is 0 Å². The number of carbonyl (C=O) groups excluding carboxylic acids is 1. The fraction of sp³-hybridized carbons (Fsp3) is 0.562. The van der Waals surface area contributed by atoms with Crippen molar-refractivity contribution in [2.45, 2.75) is 31.8 Å². The molecule has 0 aromatic heterocycles. The van der Waals surface area contributed by atoms with Crippen molar-refractivity contribution in [1.29, 1.82) is 0 Å². The molecule has 21 heavy (non-hydrogen) atoms. The number of aliphatic hydroxyl groups is 1. The first-order valence-electron chi connectivity index (χ1n) is 7.48. The van der Waals surface area contributed by atoms with E-state index in [0.717, 1.165) is 37.1 Å². The van der Waals surface area contributed by atoms with Gasteiger partial charge in [0.05, 0.1) is 20.3 Å². The molecule has 0 bridgehead atoms. The number of piperidine rings is 1. The topological polar surface area (TPSA) is 61.8 Å². The van der Waals surface area contributed by atoms with E-state index in [1.165, 1.54) is 0 Å². The molecule has 0 radical (unpaired) electrons. The van der Waals surface area contributed by atoms with Crippen LogP contribution in [-0.4, -0.2) is 48.8 Å². The quantitative estimate of drug-likeness (QED) is 0.826. The van der Waals surface area contributed by atoms with Gasteiger partial charge in [0.1, 0.15) is 5.75 Å². The molecule has 1 aromatic rings. The first kappa shape index (κ1) is 15.8. The van der Waals surface area contributed by atoms with Gasteiger partial charge >= 0.3 is 0 Å². The zero-order valence-electron chi connectivity index (χ0n) is 12.5. The maximum atomic E-state index is 12.1. The molecule has 1 aromatic carbocycles. The number of nitrogens with zero attached hydrogens (tertiary/aromatic N) is 1. The van der Waals surface area contributed by atoms with Gasteiger partial charge < -0.3 is 15.2 Å². The molecular weight excluding hydrogens is 268 g/mol. The molecule has 5 nitrogen and oxygen atoms in total.